The van der Waals surface area contributed by atoms with Gasteiger partial charge in [0.2, 0.25) is 0 Å². The summed E-state index contributed by atoms with van der Waals surface area (Å²) in [5.74, 6) is 1.36. The average Bonchev–Trinajstić information content (AvgIpc) is 3.37. The summed E-state index contributed by atoms with van der Waals surface area (Å²) < 4.78 is 16.6. The summed E-state index contributed by atoms with van der Waals surface area (Å²) in [7, 11) is 1.57. The highest BCUT2D eigenvalue weighted by atomic mass is 32.2. The molecule has 194 valence electrons. The van der Waals surface area contributed by atoms with Gasteiger partial charge in [0.05, 0.1) is 12.0 Å². The van der Waals surface area contributed by atoms with Crippen molar-refractivity contribution in [3.05, 3.63) is 99.1 Å². The molecule has 2 aromatic carbocycles. The third-order valence-electron chi connectivity index (χ3n) is 6.19. The highest BCUT2D eigenvalue weighted by molar-refractivity contribution is 8.00. The van der Waals surface area contributed by atoms with E-state index in [-0.39, 0.29) is 29.3 Å². The highest BCUT2D eigenvalue weighted by Gasteiger charge is 2.54. The summed E-state index contributed by atoms with van der Waals surface area (Å²) in [5.41, 5.74) is 2.12. The van der Waals surface area contributed by atoms with E-state index in [0.29, 0.717) is 34.2 Å². The van der Waals surface area contributed by atoms with E-state index in [1.807, 2.05) is 6.92 Å². The van der Waals surface area contributed by atoms with E-state index in [0.717, 1.165) is 5.56 Å². The number of aliphatic imine (C=N–C) groups is 1. The van der Waals surface area contributed by atoms with Gasteiger partial charge in [-0.25, -0.2) is 4.79 Å². The number of hydrogen-bond acceptors (Lipinski definition) is 9. The maximum atomic E-state index is 13.4. The lowest BCUT2D eigenvalue weighted by Crippen LogP contribution is -2.64. The van der Waals surface area contributed by atoms with Gasteiger partial charge in [0.1, 0.15) is 34.9 Å². The fraction of sp³-hybridized carbons (Fsp3) is 0.222. The smallest absolute Gasteiger partial charge is 0.355 e. The molecule has 0 saturated carbocycles. The molecule has 1 aromatic heterocycles. The molecule has 10 nitrogen and oxygen atoms in total. The molecule has 2 aliphatic heterocycles. The zero-order chi connectivity index (χ0) is 26.8. The summed E-state index contributed by atoms with van der Waals surface area (Å²) in [6.45, 7) is 1.83. The van der Waals surface area contributed by atoms with E-state index < -0.39 is 16.9 Å². The maximum Gasteiger partial charge on any atom is 0.355 e. The average molecular weight is 534 g/mol. The first-order chi connectivity index (χ1) is 18.4. The predicted molar refractivity (Wildman–Crippen MR) is 141 cm³/mol. The zero-order valence-electron chi connectivity index (χ0n) is 20.5. The number of methoxy groups -OCH3 is 1. The molecule has 0 unspecified atom stereocenters. The van der Waals surface area contributed by atoms with Crippen LogP contribution < -0.4 is 4.74 Å². The molecule has 3 aromatic rings. The predicted octanol–water partition coefficient (Wildman–Crippen LogP) is 4.36. The molecule has 1 amide bonds. The van der Waals surface area contributed by atoms with Crippen LogP contribution in [-0.4, -0.2) is 52.2 Å². The molecular formula is C27H23N3O7S. The number of carbonyl (C=O) groups is 2. The first kappa shape index (κ1) is 25.3. The Kier molecular flexibility index (Phi) is 7.01. The number of fused-ring (bicyclic) bond motifs is 1. The Morgan fingerprint density at radius 2 is 1.92 bits per heavy atom. The van der Waals surface area contributed by atoms with E-state index in [9.17, 15) is 19.7 Å². The topological polar surface area (TPSA) is 124 Å². The number of nitro benzene ring substituents is 1. The van der Waals surface area contributed by atoms with E-state index >= 15 is 0 Å². The van der Waals surface area contributed by atoms with Gasteiger partial charge in [0.25, 0.3) is 11.6 Å². The van der Waals surface area contributed by atoms with Crippen molar-refractivity contribution in [2.75, 3.05) is 12.9 Å². The van der Waals surface area contributed by atoms with Crippen molar-refractivity contribution in [1.82, 2.24) is 4.90 Å². The number of aryl methyl sites for hydroxylation is 1. The molecule has 38 heavy (non-hydrogen) atoms. The van der Waals surface area contributed by atoms with Crippen LogP contribution in [0.2, 0.25) is 0 Å². The monoisotopic (exact) mass is 533 g/mol. The molecule has 1 saturated heterocycles. The Bertz CT molecular complexity index is 1440. The fourth-order valence-corrected chi connectivity index (χ4v) is 5.51. The second-order valence-corrected chi connectivity index (χ2v) is 9.75. The van der Waals surface area contributed by atoms with Crippen LogP contribution in [0.15, 0.2) is 75.8 Å². The minimum absolute atomic E-state index is 0.0261. The van der Waals surface area contributed by atoms with Gasteiger partial charge in [-0.15, -0.1) is 11.8 Å². The summed E-state index contributed by atoms with van der Waals surface area (Å²) in [4.78, 5) is 42.8. The van der Waals surface area contributed by atoms with Crippen LogP contribution in [0.1, 0.15) is 22.6 Å². The molecule has 0 bridgehead atoms. The van der Waals surface area contributed by atoms with E-state index in [4.69, 9.17) is 13.9 Å². The van der Waals surface area contributed by atoms with E-state index in [2.05, 4.69) is 4.99 Å². The third-order valence-corrected chi connectivity index (χ3v) is 7.45. The minimum Gasteiger partial charge on any atom is -0.497 e. The lowest BCUT2D eigenvalue weighted by atomic mass is 10.0. The van der Waals surface area contributed by atoms with Gasteiger partial charge < -0.3 is 13.9 Å². The molecule has 2 aliphatic rings. The number of β-lactam (4-membered cyclic amide) rings is 1. The van der Waals surface area contributed by atoms with Crippen LogP contribution >= 0.6 is 11.8 Å². The number of ether oxygens (including phenoxy) is 2. The lowest BCUT2D eigenvalue weighted by molar-refractivity contribution is -0.384. The van der Waals surface area contributed by atoms with Crippen molar-refractivity contribution in [2.24, 2.45) is 4.99 Å². The van der Waals surface area contributed by atoms with Crippen LogP contribution in [-0.2, 0) is 20.9 Å². The minimum atomic E-state index is -0.695. The van der Waals surface area contributed by atoms with Gasteiger partial charge in [0, 0.05) is 29.7 Å². The van der Waals surface area contributed by atoms with Gasteiger partial charge in [-0.3, -0.25) is 24.8 Å². The normalized spacial score (nSPS) is 18.8. The van der Waals surface area contributed by atoms with Crippen LogP contribution in [0.4, 0.5) is 5.69 Å². The lowest BCUT2D eigenvalue weighted by Gasteiger charge is -2.47. The number of non-ortho nitro benzene ring substituents is 1. The number of amides is 1. The molecule has 1 fully saturated rings. The standard InChI is InChI=1S/C27H23N3O7S/c1-16-3-12-22(37-16)21-15-38-26-23(28-13-17-4-8-19(9-5-17)30(33)34)25(31)29(26)24(21)27(32)36-14-18-6-10-20(35-2)11-7-18/h3-13,23,26H,14-15H2,1-2H3/b28-13+/t23-,26+/m0/s1. The van der Waals surface area contributed by atoms with Crippen molar-refractivity contribution >= 4 is 41.1 Å². The van der Waals surface area contributed by atoms with Crippen LogP contribution in [0.25, 0.3) is 5.57 Å². The summed E-state index contributed by atoms with van der Waals surface area (Å²) >= 11 is 1.48. The Morgan fingerprint density at radius 1 is 1.18 bits per heavy atom. The molecule has 0 spiro atoms. The van der Waals surface area contributed by atoms with Gasteiger partial charge >= 0.3 is 5.97 Å². The largest absolute Gasteiger partial charge is 0.497 e. The molecule has 5 rings (SSSR count). The Labute approximate surface area is 222 Å². The Hall–Kier alpha value is -4.38. The van der Waals surface area contributed by atoms with Crippen molar-refractivity contribution < 1.29 is 28.4 Å². The number of nitrogens with zero attached hydrogens (tertiary/aromatic N) is 3. The SMILES string of the molecule is COc1ccc(COC(=O)C2=C(c3ccc(C)o3)CS[C@@H]3[C@@H](/N=C/c4ccc([N+](=O)[O-])cc4)C(=O)N23)cc1. The molecule has 3 heterocycles. The quantitative estimate of drug-likeness (QED) is 0.138. The molecule has 11 heteroatoms. The van der Waals surface area contributed by atoms with Crippen molar-refractivity contribution in [1.29, 1.82) is 0 Å². The van der Waals surface area contributed by atoms with Crippen LogP contribution in [0.5, 0.6) is 5.75 Å². The first-order valence-electron chi connectivity index (χ1n) is 11.7. The van der Waals surface area contributed by atoms with Crippen LogP contribution in [0, 0.1) is 17.0 Å². The number of hydrogen-bond donors (Lipinski definition) is 0. The molecule has 0 N–H and O–H groups in total. The second kappa shape index (κ2) is 10.5. The zero-order valence-corrected chi connectivity index (χ0v) is 21.3. The molecule has 2 atom stereocenters. The third kappa shape index (κ3) is 4.92. The Balaban J connectivity index is 1.37. The highest BCUT2D eigenvalue weighted by Crippen LogP contribution is 2.45. The number of rotatable bonds is 8. The van der Waals surface area contributed by atoms with Gasteiger partial charge in [-0.05, 0) is 54.4 Å². The number of thioether (sulfide) groups is 1. The molecule has 0 aliphatic carbocycles. The van der Waals surface area contributed by atoms with Gasteiger partial charge in [0.15, 0.2) is 6.04 Å². The molecule has 0 radical (unpaired) electrons. The van der Waals surface area contributed by atoms with E-state index in [1.165, 1.54) is 35.0 Å². The molecular weight excluding hydrogens is 510 g/mol. The Morgan fingerprint density at radius 3 is 2.55 bits per heavy atom. The summed E-state index contributed by atoms with van der Waals surface area (Å²) in [6, 6.07) is 15.9. The van der Waals surface area contributed by atoms with Crippen molar-refractivity contribution in [3.63, 3.8) is 0 Å². The van der Waals surface area contributed by atoms with Gasteiger partial charge in [-0.2, -0.15) is 0 Å². The number of nitro groups is 1. The van der Waals surface area contributed by atoms with Gasteiger partial charge in [-0.1, -0.05) is 12.1 Å². The van der Waals surface area contributed by atoms with Crippen molar-refractivity contribution in [3.8, 4) is 5.75 Å². The number of furan rings is 1. The van der Waals surface area contributed by atoms with E-state index in [1.54, 1.807) is 55.6 Å². The van der Waals surface area contributed by atoms with Crippen LogP contribution in [0.3, 0.4) is 0 Å². The first-order valence-corrected chi connectivity index (χ1v) is 12.7. The van der Waals surface area contributed by atoms with Crippen molar-refractivity contribution in [2.45, 2.75) is 24.9 Å². The number of carbonyl (C=O) groups excluding carboxylic acids is 2. The summed E-state index contributed by atoms with van der Waals surface area (Å²) in [6.07, 6.45) is 1.51. The maximum absolute atomic E-state index is 13.4. The number of esters is 1. The fourth-order valence-electron chi connectivity index (χ4n) is 4.17. The number of benzene rings is 2. The second-order valence-electron chi connectivity index (χ2n) is 8.64. The summed E-state index contributed by atoms with van der Waals surface area (Å²) in [5, 5.41) is 10.5.